The van der Waals surface area contributed by atoms with E-state index in [0.29, 0.717) is 12.2 Å². The molecule has 3 aromatic carbocycles. The van der Waals surface area contributed by atoms with E-state index in [1.165, 1.54) is 0 Å². The standard InChI is InChI=1S/C26H24N4O3/c1-19-16-23(29-30(19)22-13-6-3-7-14-22)26(32)28-27-25(31)18-33-24-15-9-8-12-21(24)17-20-10-4-2-5-11-20/h2-16H,17-18H2,1H3,(H,27,31)(H,28,32). The summed E-state index contributed by atoms with van der Waals surface area (Å²) in [6, 6.07) is 28.8. The van der Waals surface area contributed by atoms with Crippen molar-refractivity contribution in [2.24, 2.45) is 0 Å². The average Bonchev–Trinajstić information content (AvgIpc) is 3.25. The van der Waals surface area contributed by atoms with Crippen molar-refractivity contribution in [1.29, 1.82) is 0 Å². The van der Waals surface area contributed by atoms with Crippen LogP contribution in [0.3, 0.4) is 0 Å². The molecule has 2 amide bonds. The predicted octanol–water partition coefficient (Wildman–Crippen LogP) is 3.61. The van der Waals surface area contributed by atoms with Gasteiger partial charge in [0.1, 0.15) is 5.75 Å². The SMILES string of the molecule is Cc1cc(C(=O)NNC(=O)COc2ccccc2Cc2ccccc2)nn1-c1ccccc1. The normalized spacial score (nSPS) is 10.5. The van der Waals surface area contributed by atoms with Crippen molar-refractivity contribution in [3.8, 4) is 11.4 Å². The van der Waals surface area contributed by atoms with Crippen molar-refractivity contribution in [2.75, 3.05) is 6.61 Å². The molecule has 33 heavy (non-hydrogen) atoms. The van der Waals surface area contributed by atoms with Crippen LogP contribution in [-0.4, -0.2) is 28.2 Å². The summed E-state index contributed by atoms with van der Waals surface area (Å²) in [5.74, 6) is -0.359. The molecule has 0 aliphatic heterocycles. The summed E-state index contributed by atoms with van der Waals surface area (Å²) in [6.45, 7) is 1.62. The second kappa shape index (κ2) is 10.3. The lowest BCUT2D eigenvalue weighted by atomic mass is 10.0. The second-order valence-corrected chi connectivity index (χ2v) is 7.48. The highest BCUT2D eigenvalue weighted by Gasteiger charge is 2.14. The summed E-state index contributed by atoms with van der Waals surface area (Å²) >= 11 is 0. The van der Waals surface area contributed by atoms with Gasteiger partial charge in [-0.1, -0.05) is 66.7 Å². The van der Waals surface area contributed by atoms with Gasteiger partial charge in [-0.3, -0.25) is 20.4 Å². The molecule has 1 aromatic heterocycles. The third kappa shape index (κ3) is 5.65. The first kappa shape index (κ1) is 21.8. The topological polar surface area (TPSA) is 85.2 Å². The van der Waals surface area contributed by atoms with Crippen LogP contribution >= 0.6 is 0 Å². The Balaban J connectivity index is 1.31. The Morgan fingerprint density at radius 3 is 2.30 bits per heavy atom. The van der Waals surface area contributed by atoms with E-state index in [2.05, 4.69) is 16.0 Å². The third-order valence-corrected chi connectivity index (χ3v) is 5.01. The Hall–Kier alpha value is -4.39. The molecule has 7 heteroatoms. The van der Waals surface area contributed by atoms with Gasteiger partial charge in [0.25, 0.3) is 11.8 Å². The molecule has 4 aromatic rings. The van der Waals surface area contributed by atoms with E-state index >= 15 is 0 Å². The number of hydrogen-bond donors (Lipinski definition) is 2. The minimum Gasteiger partial charge on any atom is -0.483 e. The lowest BCUT2D eigenvalue weighted by molar-refractivity contribution is -0.123. The second-order valence-electron chi connectivity index (χ2n) is 7.48. The molecule has 0 spiro atoms. The van der Waals surface area contributed by atoms with Gasteiger partial charge in [0.05, 0.1) is 5.69 Å². The molecule has 0 saturated carbocycles. The number of benzene rings is 3. The first-order valence-electron chi connectivity index (χ1n) is 10.6. The molecule has 0 saturated heterocycles. The summed E-state index contributed by atoms with van der Waals surface area (Å²) in [5, 5.41) is 4.33. The van der Waals surface area contributed by atoms with Crippen molar-refractivity contribution in [1.82, 2.24) is 20.6 Å². The van der Waals surface area contributed by atoms with Gasteiger partial charge in [-0.05, 0) is 42.3 Å². The zero-order chi connectivity index (χ0) is 23.0. The van der Waals surface area contributed by atoms with Crippen LogP contribution in [0.2, 0.25) is 0 Å². The molecule has 0 aliphatic rings. The lowest BCUT2D eigenvalue weighted by Gasteiger charge is -2.12. The lowest BCUT2D eigenvalue weighted by Crippen LogP contribution is -2.44. The number of aromatic nitrogens is 2. The number of hydrazine groups is 1. The molecule has 7 nitrogen and oxygen atoms in total. The average molecular weight is 441 g/mol. The van der Waals surface area contributed by atoms with Gasteiger partial charge >= 0.3 is 0 Å². The van der Waals surface area contributed by atoms with Crippen LogP contribution in [0.4, 0.5) is 0 Å². The monoisotopic (exact) mass is 440 g/mol. The number of para-hydroxylation sites is 2. The third-order valence-electron chi connectivity index (χ3n) is 5.01. The summed E-state index contributed by atoms with van der Waals surface area (Å²) in [7, 11) is 0. The number of nitrogens with one attached hydrogen (secondary N) is 2. The first-order chi connectivity index (χ1) is 16.1. The van der Waals surface area contributed by atoms with Crippen molar-refractivity contribution < 1.29 is 14.3 Å². The Labute approximate surface area is 192 Å². The van der Waals surface area contributed by atoms with Gasteiger partial charge in [-0.2, -0.15) is 5.10 Å². The molecule has 2 N–H and O–H groups in total. The zero-order valence-corrected chi connectivity index (χ0v) is 18.2. The highest BCUT2D eigenvalue weighted by atomic mass is 16.5. The Morgan fingerprint density at radius 2 is 1.55 bits per heavy atom. The molecule has 0 fully saturated rings. The van der Waals surface area contributed by atoms with E-state index in [0.717, 1.165) is 22.5 Å². The molecule has 0 bridgehead atoms. The van der Waals surface area contributed by atoms with Crippen LogP contribution in [0.5, 0.6) is 5.75 Å². The van der Waals surface area contributed by atoms with Crippen molar-refractivity contribution in [2.45, 2.75) is 13.3 Å². The van der Waals surface area contributed by atoms with Crippen LogP contribution in [0.1, 0.15) is 27.3 Å². The van der Waals surface area contributed by atoms with E-state index in [1.54, 1.807) is 10.7 Å². The van der Waals surface area contributed by atoms with Gasteiger partial charge in [-0.25, -0.2) is 4.68 Å². The molecule has 1 heterocycles. The van der Waals surface area contributed by atoms with Crippen LogP contribution in [0.15, 0.2) is 91.0 Å². The van der Waals surface area contributed by atoms with E-state index in [1.807, 2.05) is 91.9 Å². The fourth-order valence-corrected chi connectivity index (χ4v) is 3.39. The van der Waals surface area contributed by atoms with Gasteiger partial charge in [-0.15, -0.1) is 0 Å². The van der Waals surface area contributed by atoms with Crippen molar-refractivity contribution >= 4 is 11.8 Å². The molecule has 166 valence electrons. The van der Waals surface area contributed by atoms with E-state index in [-0.39, 0.29) is 12.3 Å². The summed E-state index contributed by atoms with van der Waals surface area (Å²) < 4.78 is 7.38. The van der Waals surface area contributed by atoms with Crippen LogP contribution in [-0.2, 0) is 11.2 Å². The molecule has 4 rings (SSSR count). The summed E-state index contributed by atoms with van der Waals surface area (Å²) in [6.07, 6.45) is 0.693. The maximum absolute atomic E-state index is 12.4. The van der Waals surface area contributed by atoms with Gasteiger partial charge < -0.3 is 4.74 Å². The van der Waals surface area contributed by atoms with Gasteiger partial charge in [0.2, 0.25) is 0 Å². The Kier molecular flexibility index (Phi) is 6.80. The first-order valence-corrected chi connectivity index (χ1v) is 10.6. The smallest absolute Gasteiger partial charge is 0.290 e. The number of ether oxygens (including phenoxy) is 1. The maximum atomic E-state index is 12.4. The maximum Gasteiger partial charge on any atom is 0.290 e. The molecule has 0 atom stereocenters. The highest BCUT2D eigenvalue weighted by molar-refractivity contribution is 5.94. The van der Waals surface area contributed by atoms with E-state index in [9.17, 15) is 9.59 Å². The number of aryl methyl sites for hydroxylation is 1. The largest absolute Gasteiger partial charge is 0.483 e. The quantitative estimate of drug-likeness (QED) is 0.430. The van der Waals surface area contributed by atoms with E-state index in [4.69, 9.17) is 4.74 Å². The zero-order valence-electron chi connectivity index (χ0n) is 18.2. The van der Waals surface area contributed by atoms with Gasteiger partial charge in [0, 0.05) is 12.1 Å². The number of carbonyl (C=O) groups is 2. The Bertz CT molecular complexity index is 1240. The van der Waals surface area contributed by atoms with Crippen LogP contribution < -0.4 is 15.6 Å². The fraction of sp³-hybridized carbons (Fsp3) is 0.115. The van der Waals surface area contributed by atoms with Crippen LogP contribution in [0, 0.1) is 6.92 Å². The number of amides is 2. The fourth-order valence-electron chi connectivity index (χ4n) is 3.39. The van der Waals surface area contributed by atoms with Crippen LogP contribution in [0.25, 0.3) is 5.69 Å². The van der Waals surface area contributed by atoms with Gasteiger partial charge in [0.15, 0.2) is 12.3 Å². The predicted molar refractivity (Wildman–Crippen MR) is 125 cm³/mol. The molecule has 0 radical (unpaired) electrons. The summed E-state index contributed by atoms with van der Waals surface area (Å²) in [5.41, 5.74) is 8.74. The number of rotatable bonds is 7. The summed E-state index contributed by atoms with van der Waals surface area (Å²) in [4.78, 5) is 24.7. The number of carbonyl (C=O) groups excluding carboxylic acids is 2. The number of hydrogen-bond acceptors (Lipinski definition) is 4. The molecule has 0 unspecified atom stereocenters. The minimum absolute atomic E-state index is 0.200. The molecular formula is C26H24N4O3. The Morgan fingerprint density at radius 1 is 0.879 bits per heavy atom. The van der Waals surface area contributed by atoms with Crippen molar-refractivity contribution in [3.05, 3.63) is 114 Å². The highest BCUT2D eigenvalue weighted by Crippen LogP contribution is 2.21. The van der Waals surface area contributed by atoms with E-state index < -0.39 is 11.8 Å². The molecular weight excluding hydrogens is 416 g/mol. The minimum atomic E-state index is -0.509. The molecule has 0 aliphatic carbocycles. The number of nitrogens with zero attached hydrogens (tertiary/aromatic N) is 2. The van der Waals surface area contributed by atoms with Crippen molar-refractivity contribution in [3.63, 3.8) is 0 Å².